The van der Waals surface area contributed by atoms with Gasteiger partial charge in [-0.05, 0) is 55.5 Å². The predicted molar refractivity (Wildman–Crippen MR) is 155 cm³/mol. The van der Waals surface area contributed by atoms with E-state index in [9.17, 15) is 4.79 Å². The van der Waals surface area contributed by atoms with Crippen LogP contribution in [0.3, 0.4) is 0 Å². The Morgan fingerprint density at radius 2 is 1.89 bits per heavy atom. The van der Waals surface area contributed by atoms with Crippen LogP contribution < -0.4 is 11.1 Å². The number of rotatable bonds is 11. The first-order chi connectivity index (χ1) is 18.3. The molecular formula is C30H41N7O. The third-order valence-electron chi connectivity index (χ3n) is 6.76. The number of carbonyl (C=O) groups is 1. The molecule has 0 aliphatic heterocycles. The van der Waals surface area contributed by atoms with Crippen LogP contribution in [0.5, 0.6) is 0 Å². The molecule has 202 valence electrons. The number of nitrogens with two attached hydrogens (primary N) is 1. The van der Waals surface area contributed by atoms with E-state index in [0.717, 1.165) is 49.2 Å². The molecule has 0 saturated carbocycles. The first-order valence-electron chi connectivity index (χ1n) is 13.5. The summed E-state index contributed by atoms with van der Waals surface area (Å²) in [5, 5.41) is 12.0. The van der Waals surface area contributed by atoms with Crippen molar-refractivity contribution in [2.24, 2.45) is 5.92 Å². The molecule has 3 heterocycles. The van der Waals surface area contributed by atoms with Crippen LogP contribution in [0.2, 0.25) is 0 Å². The van der Waals surface area contributed by atoms with Gasteiger partial charge in [0.05, 0.1) is 12.2 Å². The van der Waals surface area contributed by atoms with E-state index in [2.05, 4.69) is 71.4 Å². The molecule has 4 aromatic rings. The maximum absolute atomic E-state index is 12.9. The quantitative estimate of drug-likeness (QED) is 0.261. The zero-order chi connectivity index (χ0) is 27.7. The first kappa shape index (κ1) is 28.8. The van der Waals surface area contributed by atoms with Crippen LogP contribution in [0.25, 0.3) is 11.1 Å². The summed E-state index contributed by atoms with van der Waals surface area (Å²) in [6, 6.07) is 12.3. The SMILES string of the molecule is C=C(CC)c1cc(C(=O)C(CC)CNCC)n2ncnc(N)c12.CCc1cn(Cc2ccccc2)nc1C. The first-order valence-corrected chi connectivity index (χ1v) is 13.5. The number of hydrogen-bond acceptors (Lipinski definition) is 6. The molecule has 0 amide bonds. The van der Waals surface area contributed by atoms with E-state index in [1.165, 1.54) is 17.5 Å². The second kappa shape index (κ2) is 13.7. The average Bonchev–Trinajstić information content (AvgIpc) is 3.50. The summed E-state index contributed by atoms with van der Waals surface area (Å²) in [5.74, 6) is 0.340. The van der Waals surface area contributed by atoms with Crippen molar-refractivity contribution < 1.29 is 4.79 Å². The molecule has 0 saturated heterocycles. The number of benzene rings is 1. The lowest BCUT2D eigenvalue weighted by molar-refractivity contribution is 0.0908. The molecule has 0 bridgehead atoms. The van der Waals surface area contributed by atoms with Crippen LogP contribution in [-0.4, -0.2) is 43.3 Å². The summed E-state index contributed by atoms with van der Waals surface area (Å²) in [4.78, 5) is 17.0. The summed E-state index contributed by atoms with van der Waals surface area (Å²) in [6.07, 6.45) is 6.12. The topological polar surface area (TPSA) is 103 Å². The van der Waals surface area contributed by atoms with Crippen LogP contribution >= 0.6 is 0 Å². The van der Waals surface area contributed by atoms with E-state index in [0.29, 0.717) is 23.6 Å². The monoisotopic (exact) mass is 515 g/mol. The van der Waals surface area contributed by atoms with E-state index in [1.54, 1.807) is 4.52 Å². The third-order valence-corrected chi connectivity index (χ3v) is 6.76. The van der Waals surface area contributed by atoms with Gasteiger partial charge in [0.1, 0.15) is 17.5 Å². The second-order valence-corrected chi connectivity index (χ2v) is 9.36. The minimum atomic E-state index is -0.0908. The van der Waals surface area contributed by atoms with Crippen LogP contribution in [0.15, 0.2) is 55.5 Å². The van der Waals surface area contributed by atoms with E-state index in [4.69, 9.17) is 5.73 Å². The van der Waals surface area contributed by atoms with Gasteiger partial charge in [0, 0.05) is 24.2 Å². The van der Waals surface area contributed by atoms with Crippen LogP contribution in [0, 0.1) is 12.8 Å². The van der Waals surface area contributed by atoms with Crippen molar-refractivity contribution in [3.63, 3.8) is 0 Å². The Labute approximate surface area is 226 Å². The average molecular weight is 516 g/mol. The van der Waals surface area contributed by atoms with Crippen LogP contribution in [0.1, 0.15) is 73.4 Å². The lowest BCUT2D eigenvalue weighted by atomic mass is 9.98. The number of nitrogens with zero attached hydrogens (tertiary/aromatic N) is 5. The third kappa shape index (κ3) is 6.75. The minimum Gasteiger partial charge on any atom is -0.382 e. The molecule has 1 aromatic carbocycles. The van der Waals surface area contributed by atoms with Crippen molar-refractivity contribution in [1.82, 2.24) is 29.7 Å². The van der Waals surface area contributed by atoms with E-state index < -0.39 is 0 Å². The summed E-state index contributed by atoms with van der Waals surface area (Å²) in [6.45, 7) is 16.7. The Morgan fingerprint density at radius 1 is 1.16 bits per heavy atom. The van der Waals surface area contributed by atoms with Crippen molar-refractivity contribution >= 4 is 22.7 Å². The van der Waals surface area contributed by atoms with Crippen molar-refractivity contribution in [3.8, 4) is 0 Å². The number of carbonyl (C=O) groups excluding carboxylic acids is 1. The highest BCUT2D eigenvalue weighted by Gasteiger charge is 2.24. The number of allylic oxidation sites excluding steroid dienone is 1. The second-order valence-electron chi connectivity index (χ2n) is 9.36. The van der Waals surface area contributed by atoms with Gasteiger partial charge in [-0.1, -0.05) is 64.6 Å². The Morgan fingerprint density at radius 3 is 2.50 bits per heavy atom. The molecule has 8 nitrogen and oxygen atoms in total. The van der Waals surface area contributed by atoms with Gasteiger partial charge in [-0.3, -0.25) is 9.48 Å². The zero-order valence-corrected chi connectivity index (χ0v) is 23.4. The highest BCUT2D eigenvalue weighted by atomic mass is 16.1. The Kier molecular flexibility index (Phi) is 10.4. The molecule has 1 atom stereocenters. The van der Waals surface area contributed by atoms with E-state index in [-0.39, 0.29) is 11.7 Å². The number of Topliss-reactive ketones (excluding diaryl/α,β-unsaturated/α-hetero) is 1. The molecule has 3 N–H and O–H groups in total. The molecule has 0 fully saturated rings. The molecule has 0 radical (unpaired) electrons. The van der Waals surface area contributed by atoms with E-state index in [1.807, 2.05) is 37.6 Å². The number of nitrogen functional groups attached to an aromatic ring is 1. The molecule has 3 aromatic heterocycles. The van der Waals surface area contributed by atoms with Gasteiger partial charge in [-0.15, -0.1) is 0 Å². The summed E-state index contributed by atoms with van der Waals surface area (Å²) in [7, 11) is 0. The summed E-state index contributed by atoms with van der Waals surface area (Å²) < 4.78 is 3.62. The smallest absolute Gasteiger partial charge is 0.185 e. The Balaban J connectivity index is 0.000000230. The van der Waals surface area contributed by atoms with Gasteiger partial charge >= 0.3 is 0 Å². The van der Waals surface area contributed by atoms with Crippen LogP contribution in [0.4, 0.5) is 5.82 Å². The zero-order valence-electron chi connectivity index (χ0n) is 23.4. The number of aryl methyl sites for hydroxylation is 2. The fourth-order valence-corrected chi connectivity index (χ4v) is 4.41. The maximum atomic E-state index is 12.9. The molecule has 8 heteroatoms. The van der Waals surface area contributed by atoms with Crippen molar-refractivity contribution in [2.75, 3.05) is 18.8 Å². The van der Waals surface area contributed by atoms with Gasteiger partial charge in [-0.25, -0.2) is 9.50 Å². The number of nitrogens with one attached hydrogen (secondary N) is 1. The standard InChI is InChI=1S/C17H25N5O.C13H16N2/c1-5-11(4)13-8-14(16(23)12(6-2)9-19-7-3)22-15(13)17(18)20-10-21-22;1-3-13-10-15(14-11(13)2)9-12-7-5-4-6-8-12/h8,10,12,19H,4-7,9H2,1-3H3,(H2,18,20,21);4-8,10H,3,9H2,1-2H3. The van der Waals surface area contributed by atoms with E-state index >= 15 is 0 Å². The molecule has 0 aliphatic rings. The highest BCUT2D eigenvalue weighted by molar-refractivity contribution is 6.00. The lowest BCUT2D eigenvalue weighted by Gasteiger charge is -2.13. The molecule has 4 rings (SSSR count). The number of ketones is 1. The Hall–Kier alpha value is -3.78. The lowest BCUT2D eigenvalue weighted by Crippen LogP contribution is -2.29. The number of hydrogen-bond donors (Lipinski definition) is 2. The number of fused-ring (bicyclic) bond motifs is 1. The normalized spacial score (nSPS) is 11.7. The molecule has 0 aliphatic carbocycles. The fourth-order valence-electron chi connectivity index (χ4n) is 4.41. The molecule has 38 heavy (non-hydrogen) atoms. The van der Waals surface area contributed by atoms with Gasteiger partial charge in [-0.2, -0.15) is 10.2 Å². The number of anilines is 1. The van der Waals surface area contributed by atoms with Gasteiger partial charge in [0.15, 0.2) is 11.6 Å². The fraction of sp³-hybridized carbons (Fsp3) is 0.400. The van der Waals surface area contributed by atoms with Gasteiger partial charge in [0.2, 0.25) is 0 Å². The van der Waals surface area contributed by atoms with Crippen LogP contribution in [-0.2, 0) is 13.0 Å². The predicted octanol–water partition coefficient (Wildman–Crippen LogP) is 5.36. The maximum Gasteiger partial charge on any atom is 0.185 e. The Bertz CT molecular complexity index is 1350. The highest BCUT2D eigenvalue weighted by Crippen LogP contribution is 2.29. The van der Waals surface area contributed by atoms with Crippen molar-refractivity contribution in [2.45, 2.75) is 60.4 Å². The molecule has 0 spiro atoms. The van der Waals surface area contributed by atoms with Crippen molar-refractivity contribution in [1.29, 1.82) is 0 Å². The summed E-state index contributed by atoms with van der Waals surface area (Å²) in [5.41, 5.74) is 12.8. The minimum absolute atomic E-state index is 0.0664. The number of aromatic nitrogens is 5. The van der Waals surface area contributed by atoms with Gasteiger partial charge < -0.3 is 11.1 Å². The largest absolute Gasteiger partial charge is 0.382 e. The van der Waals surface area contributed by atoms with Gasteiger partial charge in [0.25, 0.3) is 0 Å². The van der Waals surface area contributed by atoms with Crippen molar-refractivity contribution in [3.05, 3.63) is 83.6 Å². The summed E-state index contributed by atoms with van der Waals surface area (Å²) >= 11 is 0. The molecule has 1 unspecified atom stereocenters. The molecular weight excluding hydrogens is 474 g/mol.